The lowest BCUT2D eigenvalue weighted by atomic mass is 9.91. The summed E-state index contributed by atoms with van der Waals surface area (Å²) in [6.45, 7) is 7.71. The number of hydrogen-bond acceptors (Lipinski definition) is 4. The van der Waals surface area contributed by atoms with Gasteiger partial charge in [-0.05, 0) is 25.7 Å². The first-order valence-electron chi connectivity index (χ1n) is 8.58. The fraction of sp³-hybridized carbons (Fsp3) is 0.824. The Morgan fingerprint density at radius 2 is 1.64 bits per heavy atom. The number of carbonyl (C=O) groups excluding carboxylic acids is 1. The van der Waals surface area contributed by atoms with Crippen LogP contribution in [0.1, 0.15) is 81.1 Å². The van der Waals surface area contributed by atoms with E-state index in [2.05, 4.69) is 10.2 Å². The third-order valence-electron chi connectivity index (χ3n) is 4.86. The molecular formula is C17H27N3OS. The SMILES string of the molecule is CC(C)(C)C(=O)N1CCCC(c2nnc(C3CCCC3)s2)C1. The first kappa shape index (κ1) is 15.9. The molecule has 1 aromatic rings. The van der Waals surface area contributed by atoms with Crippen molar-refractivity contribution in [3.8, 4) is 0 Å². The molecule has 1 amide bonds. The van der Waals surface area contributed by atoms with Gasteiger partial charge in [0.05, 0.1) is 0 Å². The van der Waals surface area contributed by atoms with Gasteiger partial charge in [-0.15, -0.1) is 21.5 Å². The van der Waals surface area contributed by atoms with Crippen LogP contribution in [0.4, 0.5) is 0 Å². The molecule has 1 aliphatic carbocycles. The number of aromatic nitrogens is 2. The second-order valence-corrected chi connectivity index (χ2v) is 8.84. The Kier molecular flexibility index (Phi) is 4.53. The van der Waals surface area contributed by atoms with E-state index in [4.69, 9.17) is 0 Å². The van der Waals surface area contributed by atoms with Crippen LogP contribution in [0.2, 0.25) is 0 Å². The first-order chi connectivity index (χ1) is 10.4. The van der Waals surface area contributed by atoms with E-state index in [1.165, 1.54) is 30.7 Å². The van der Waals surface area contributed by atoms with E-state index in [0.717, 1.165) is 30.9 Å². The summed E-state index contributed by atoms with van der Waals surface area (Å²) in [5.74, 6) is 1.28. The van der Waals surface area contributed by atoms with Gasteiger partial charge in [0.2, 0.25) is 5.91 Å². The molecule has 0 spiro atoms. The number of piperidine rings is 1. The Morgan fingerprint density at radius 3 is 2.27 bits per heavy atom. The standard InChI is InChI=1S/C17H27N3OS/c1-17(2,3)16(21)20-10-6-9-13(11-20)15-19-18-14(22-15)12-7-4-5-8-12/h12-13H,4-11H2,1-3H3. The Hall–Kier alpha value is -0.970. The Morgan fingerprint density at radius 1 is 1.05 bits per heavy atom. The molecule has 2 fully saturated rings. The number of rotatable bonds is 2. The molecule has 3 rings (SSSR count). The smallest absolute Gasteiger partial charge is 0.227 e. The molecule has 1 unspecified atom stereocenters. The minimum absolute atomic E-state index is 0.262. The van der Waals surface area contributed by atoms with Crippen molar-refractivity contribution >= 4 is 17.2 Å². The highest BCUT2D eigenvalue weighted by Gasteiger charge is 2.33. The van der Waals surface area contributed by atoms with Gasteiger partial charge in [0.1, 0.15) is 10.0 Å². The molecule has 0 bridgehead atoms. The predicted molar refractivity (Wildman–Crippen MR) is 89.1 cm³/mol. The number of amides is 1. The van der Waals surface area contributed by atoms with Crippen LogP contribution in [0.5, 0.6) is 0 Å². The van der Waals surface area contributed by atoms with Crippen LogP contribution in [0.15, 0.2) is 0 Å². The van der Waals surface area contributed by atoms with Crippen LogP contribution < -0.4 is 0 Å². The second kappa shape index (κ2) is 6.26. The zero-order valence-corrected chi connectivity index (χ0v) is 14.8. The number of carbonyl (C=O) groups is 1. The fourth-order valence-corrected chi connectivity index (χ4v) is 4.73. The number of nitrogens with zero attached hydrogens (tertiary/aromatic N) is 3. The van der Waals surface area contributed by atoms with Crippen molar-refractivity contribution < 1.29 is 4.79 Å². The topological polar surface area (TPSA) is 46.1 Å². The van der Waals surface area contributed by atoms with Crippen molar-refractivity contribution in [3.05, 3.63) is 10.0 Å². The predicted octanol–water partition coefficient (Wildman–Crippen LogP) is 3.95. The lowest BCUT2D eigenvalue weighted by Gasteiger charge is -2.35. The van der Waals surface area contributed by atoms with Crippen molar-refractivity contribution in [3.63, 3.8) is 0 Å². The highest BCUT2D eigenvalue weighted by atomic mass is 32.1. The molecule has 2 aliphatic rings. The summed E-state index contributed by atoms with van der Waals surface area (Å²) in [6, 6.07) is 0. The first-order valence-corrected chi connectivity index (χ1v) is 9.39. The Labute approximate surface area is 137 Å². The molecule has 22 heavy (non-hydrogen) atoms. The maximum atomic E-state index is 12.5. The van der Waals surface area contributed by atoms with E-state index in [9.17, 15) is 4.79 Å². The zero-order chi connectivity index (χ0) is 15.7. The van der Waals surface area contributed by atoms with Crippen molar-refractivity contribution in [2.45, 2.75) is 71.1 Å². The van der Waals surface area contributed by atoms with Crippen LogP contribution in [0.25, 0.3) is 0 Å². The van der Waals surface area contributed by atoms with E-state index in [-0.39, 0.29) is 11.3 Å². The Bertz CT molecular complexity index is 528. The van der Waals surface area contributed by atoms with Crippen LogP contribution in [0.3, 0.4) is 0 Å². The summed E-state index contributed by atoms with van der Waals surface area (Å²) in [6.07, 6.45) is 7.41. The molecule has 4 nitrogen and oxygen atoms in total. The van der Waals surface area contributed by atoms with Gasteiger partial charge in [0, 0.05) is 30.3 Å². The molecule has 122 valence electrons. The molecule has 1 atom stereocenters. The highest BCUT2D eigenvalue weighted by Crippen LogP contribution is 2.38. The number of hydrogen-bond donors (Lipinski definition) is 0. The average molecular weight is 321 g/mol. The van der Waals surface area contributed by atoms with E-state index in [1.54, 1.807) is 11.3 Å². The molecule has 0 radical (unpaired) electrons. The van der Waals surface area contributed by atoms with E-state index >= 15 is 0 Å². The van der Waals surface area contributed by atoms with Gasteiger partial charge in [0.15, 0.2) is 0 Å². The van der Waals surface area contributed by atoms with Crippen molar-refractivity contribution in [1.82, 2.24) is 15.1 Å². The average Bonchev–Trinajstić information content (AvgIpc) is 3.16. The van der Waals surface area contributed by atoms with E-state index in [0.29, 0.717) is 11.8 Å². The third kappa shape index (κ3) is 3.34. The highest BCUT2D eigenvalue weighted by molar-refractivity contribution is 7.11. The summed E-state index contributed by atoms with van der Waals surface area (Å²) >= 11 is 1.80. The monoisotopic (exact) mass is 321 g/mol. The second-order valence-electron chi connectivity index (χ2n) is 7.80. The summed E-state index contributed by atoms with van der Waals surface area (Å²) in [5.41, 5.74) is -0.294. The summed E-state index contributed by atoms with van der Waals surface area (Å²) in [7, 11) is 0. The minimum Gasteiger partial charge on any atom is -0.342 e. The van der Waals surface area contributed by atoms with Crippen LogP contribution in [0, 0.1) is 5.41 Å². The van der Waals surface area contributed by atoms with Gasteiger partial charge in [-0.1, -0.05) is 33.6 Å². The molecule has 0 N–H and O–H groups in total. The molecule has 1 aromatic heterocycles. The molecule has 0 aromatic carbocycles. The Balaban J connectivity index is 1.68. The normalized spacial score (nSPS) is 24.0. The largest absolute Gasteiger partial charge is 0.342 e. The summed E-state index contributed by atoms with van der Waals surface area (Å²) in [5, 5.41) is 11.3. The van der Waals surface area contributed by atoms with Crippen LogP contribution >= 0.6 is 11.3 Å². The van der Waals surface area contributed by atoms with Crippen molar-refractivity contribution in [1.29, 1.82) is 0 Å². The van der Waals surface area contributed by atoms with E-state index in [1.807, 2.05) is 25.7 Å². The minimum atomic E-state index is -0.294. The lowest BCUT2D eigenvalue weighted by Crippen LogP contribution is -2.44. The molecule has 1 saturated carbocycles. The van der Waals surface area contributed by atoms with Gasteiger partial charge in [-0.25, -0.2) is 0 Å². The molecular weight excluding hydrogens is 294 g/mol. The van der Waals surface area contributed by atoms with Gasteiger partial charge >= 0.3 is 0 Å². The van der Waals surface area contributed by atoms with Gasteiger partial charge in [-0.3, -0.25) is 4.79 Å². The van der Waals surface area contributed by atoms with Gasteiger partial charge < -0.3 is 4.90 Å². The summed E-state index contributed by atoms with van der Waals surface area (Å²) in [4.78, 5) is 14.5. The third-order valence-corrected chi connectivity index (χ3v) is 6.11. The molecule has 5 heteroatoms. The maximum Gasteiger partial charge on any atom is 0.227 e. The van der Waals surface area contributed by atoms with Crippen LogP contribution in [-0.2, 0) is 4.79 Å². The quantitative estimate of drug-likeness (QED) is 0.828. The van der Waals surface area contributed by atoms with E-state index < -0.39 is 0 Å². The maximum absolute atomic E-state index is 12.5. The lowest BCUT2D eigenvalue weighted by molar-refractivity contribution is -0.140. The molecule has 1 aliphatic heterocycles. The zero-order valence-electron chi connectivity index (χ0n) is 14.0. The molecule has 2 heterocycles. The van der Waals surface area contributed by atoms with Crippen molar-refractivity contribution in [2.75, 3.05) is 13.1 Å². The van der Waals surface area contributed by atoms with Crippen molar-refractivity contribution in [2.24, 2.45) is 5.41 Å². The van der Waals surface area contributed by atoms with Crippen LogP contribution in [-0.4, -0.2) is 34.1 Å². The summed E-state index contributed by atoms with van der Waals surface area (Å²) < 4.78 is 0. The number of likely N-dealkylation sites (tertiary alicyclic amines) is 1. The van der Waals surface area contributed by atoms with Gasteiger partial charge in [-0.2, -0.15) is 0 Å². The van der Waals surface area contributed by atoms with Gasteiger partial charge in [0.25, 0.3) is 0 Å². The molecule has 1 saturated heterocycles. The fourth-order valence-electron chi connectivity index (χ4n) is 3.59.